The highest BCUT2D eigenvalue weighted by Gasteiger charge is 2.16. The normalized spacial score (nSPS) is 10.7. The summed E-state index contributed by atoms with van der Waals surface area (Å²) in [5.74, 6) is -1.46. The van der Waals surface area contributed by atoms with Crippen molar-refractivity contribution in [3.05, 3.63) is 51.2 Å². The Labute approximate surface area is 132 Å². The van der Waals surface area contributed by atoms with Gasteiger partial charge in [0.1, 0.15) is 0 Å². The Bertz CT molecular complexity index is 824. The van der Waals surface area contributed by atoms with Crippen molar-refractivity contribution in [3.8, 4) is 0 Å². The fourth-order valence-electron chi connectivity index (χ4n) is 1.86. The fourth-order valence-corrected chi connectivity index (χ4v) is 4.04. The summed E-state index contributed by atoms with van der Waals surface area (Å²) in [6.45, 7) is 0. The number of carboxylic acids is 1. The van der Waals surface area contributed by atoms with Crippen molar-refractivity contribution in [3.63, 3.8) is 0 Å². The average molecular weight is 338 g/mol. The number of carbonyl (C=O) groups is 2. The Hall–Kier alpha value is -1.89. The number of hydrogen-bond donors (Lipinski definition) is 2. The zero-order valence-corrected chi connectivity index (χ0v) is 12.8. The Morgan fingerprint density at radius 2 is 1.95 bits per heavy atom. The van der Waals surface area contributed by atoms with Gasteiger partial charge >= 0.3 is 5.97 Å². The smallest absolute Gasteiger partial charge is 0.337 e. The number of benzene rings is 1. The largest absolute Gasteiger partial charge is 0.478 e. The predicted octanol–water partition coefficient (Wildman–Crippen LogP) is 4.57. The van der Waals surface area contributed by atoms with Crippen LogP contribution in [0.5, 0.6) is 0 Å². The van der Waals surface area contributed by atoms with Gasteiger partial charge in [0.05, 0.1) is 16.1 Å². The zero-order chi connectivity index (χ0) is 15.0. The third-order valence-corrected chi connectivity index (χ3v) is 5.15. The van der Waals surface area contributed by atoms with Gasteiger partial charge in [-0.05, 0) is 35.7 Å². The second-order valence-corrected chi connectivity index (χ2v) is 6.68. The van der Waals surface area contributed by atoms with Crippen LogP contribution in [0.3, 0.4) is 0 Å². The van der Waals surface area contributed by atoms with E-state index < -0.39 is 5.97 Å². The number of hydrogen-bond acceptors (Lipinski definition) is 4. The number of aromatic carboxylic acids is 1. The molecule has 1 aromatic carbocycles. The van der Waals surface area contributed by atoms with E-state index in [9.17, 15) is 9.59 Å². The molecule has 3 rings (SSSR count). The van der Waals surface area contributed by atoms with Gasteiger partial charge in [-0.25, -0.2) is 4.79 Å². The lowest BCUT2D eigenvalue weighted by Crippen LogP contribution is -2.13. The Balaban J connectivity index is 1.91. The first-order valence-corrected chi connectivity index (χ1v) is 7.93. The van der Waals surface area contributed by atoms with Crippen LogP contribution in [-0.2, 0) is 0 Å². The van der Waals surface area contributed by atoms with Crippen LogP contribution < -0.4 is 5.32 Å². The van der Waals surface area contributed by atoms with E-state index >= 15 is 0 Å². The maximum absolute atomic E-state index is 12.2. The number of fused-ring (bicyclic) bond motifs is 1. The van der Waals surface area contributed by atoms with Crippen molar-refractivity contribution in [2.45, 2.75) is 0 Å². The molecule has 0 radical (unpaired) electrons. The first-order valence-electron chi connectivity index (χ1n) is 5.86. The molecule has 0 saturated carbocycles. The molecule has 0 atom stereocenters. The third kappa shape index (κ3) is 2.78. The lowest BCUT2D eigenvalue weighted by atomic mass is 10.2. The van der Waals surface area contributed by atoms with E-state index in [1.54, 1.807) is 17.4 Å². The molecule has 0 aliphatic heterocycles. The molecule has 0 unspecified atom stereocenters. The Kier molecular flexibility index (Phi) is 3.67. The summed E-state index contributed by atoms with van der Waals surface area (Å²) in [4.78, 5) is 23.9. The number of nitrogens with one attached hydrogen (secondary N) is 1. The molecule has 7 heteroatoms. The second kappa shape index (κ2) is 5.48. The lowest BCUT2D eigenvalue weighted by Gasteiger charge is -2.07. The minimum Gasteiger partial charge on any atom is -0.478 e. The van der Waals surface area contributed by atoms with Crippen LogP contribution in [0.4, 0.5) is 5.69 Å². The van der Waals surface area contributed by atoms with Crippen LogP contribution >= 0.6 is 34.3 Å². The number of halogens is 1. The molecule has 1 amide bonds. The molecular formula is C14H8ClNO3S2. The number of amides is 1. The highest BCUT2D eigenvalue weighted by Crippen LogP contribution is 2.31. The van der Waals surface area contributed by atoms with E-state index in [2.05, 4.69) is 5.32 Å². The maximum atomic E-state index is 12.2. The van der Waals surface area contributed by atoms with Crippen molar-refractivity contribution >= 4 is 61.2 Å². The van der Waals surface area contributed by atoms with Crippen molar-refractivity contribution in [2.75, 3.05) is 5.32 Å². The maximum Gasteiger partial charge on any atom is 0.337 e. The molecule has 21 heavy (non-hydrogen) atoms. The van der Waals surface area contributed by atoms with E-state index in [0.29, 0.717) is 9.90 Å². The number of carboxylic acid groups (broad SMARTS) is 1. The molecule has 2 heterocycles. The van der Waals surface area contributed by atoms with Crippen LogP contribution in [0.2, 0.25) is 5.02 Å². The predicted molar refractivity (Wildman–Crippen MR) is 86.1 cm³/mol. The van der Waals surface area contributed by atoms with Crippen LogP contribution in [0.1, 0.15) is 20.0 Å². The summed E-state index contributed by atoms with van der Waals surface area (Å²) < 4.78 is 2.08. The molecular weight excluding hydrogens is 330 g/mol. The summed E-state index contributed by atoms with van der Waals surface area (Å²) in [6.07, 6.45) is 0. The number of carbonyl (C=O) groups excluding carboxylic acids is 1. The molecule has 2 aromatic heterocycles. The molecule has 2 N–H and O–H groups in total. The monoisotopic (exact) mass is 337 g/mol. The van der Waals surface area contributed by atoms with Gasteiger partial charge in [0, 0.05) is 14.4 Å². The van der Waals surface area contributed by atoms with Crippen LogP contribution in [0.25, 0.3) is 9.40 Å². The van der Waals surface area contributed by atoms with E-state index in [1.807, 2.05) is 11.4 Å². The van der Waals surface area contributed by atoms with E-state index in [0.717, 1.165) is 9.40 Å². The minimum atomic E-state index is -1.14. The van der Waals surface area contributed by atoms with Gasteiger partial charge < -0.3 is 10.4 Å². The lowest BCUT2D eigenvalue weighted by molar-refractivity contribution is 0.0698. The number of anilines is 1. The molecule has 0 bridgehead atoms. The standard InChI is InChI=1S/C14H8ClNO3S2/c15-7-1-2-9(8(5-7)14(18)19)16-13(17)12-6-11-10(21-12)3-4-20-11/h1-6H,(H,16,17)(H,18,19). The van der Waals surface area contributed by atoms with E-state index in [4.69, 9.17) is 16.7 Å². The van der Waals surface area contributed by atoms with Gasteiger partial charge in [-0.1, -0.05) is 11.6 Å². The SMILES string of the molecule is O=C(Nc1ccc(Cl)cc1C(=O)O)c1cc2sccc2s1. The highest BCUT2D eigenvalue weighted by molar-refractivity contribution is 7.27. The molecule has 4 nitrogen and oxygen atoms in total. The first kappa shape index (κ1) is 14.1. The molecule has 0 aliphatic carbocycles. The minimum absolute atomic E-state index is 0.0331. The van der Waals surface area contributed by atoms with Gasteiger partial charge in [-0.15, -0.1) is 22.7 Å². The Morgan fingerprint density at radius 3 is 2.67 bits per heavy atom. The quantitative estimate of drug-likeness (QED) is 0.735. The summed E-state index contributed by atoms with van der Waals surface area (Å²) >= 11 is 8.71. The van der Waals surface area contributed by atoms with Crippen LogP contribution in [0.15, 0.2) is 35.7 Å². The molecule has 0 saturated heterocycles. The fraction of sp³-hybridized carbons (Fsp3) is 0. The molecule has 0 aliphatic rings. The van der Waals surface area contributed by atoms with E-state index in [-0.39, 0.29) is 17.2 Å². The van der Waals surface area contributed by atoms with Crippen LogP contribution in [0, 0.1) is 0 Å². The molecule has 0 fully saturated rings. The number of thiophene rings is 2. The number of rotatable bonds is 3. The topological polar surface area (TPSA) is 66.4 Å². The van der Waals surface area contributed by atoms with Gasteiger partial charge in [-0.3, -0.25) is 4.79 Å². The highest BCUT2D eigenvalue weighted by atomic mass is 35.5. The second-order valence-electron chi connectivity index (χ2n) is 4.21. The van der Waals surface area contributed by atoms with Gasteiger partial charge in [-0.2, -0.15) is 0 Å². The molecule has 106 valence electrons. The summed E-state index contributed by atoms with van der Waals surface area (Å²) in [7, 11) is 0. The summed E-state index contributed by atoms with van der Waals surface area (Å²) in [6, 6.07) is 8.09. The van der Waals surface area contributed by atoms with Crippen molar-refractivity contribution < 1.29 is 14.7 Å². The van der Waals surface area contributed by atoms with E-state index in [1.165, 1.54) is 29.5 Å². The van der Waals surface area contributed by atoms with Crippen molar-refractivity contribution in [1.82, 2.24) is 0 Å². The zero-order valence-electron chi connectivity index (χ0n) is 10.4. The first-order chi connectivity index (χ1) is 10.0. The third-order valence-electron chi connectivity index (χ3n) is 2.82. The molecule has 3 aromatic rings. The summed E-state index contributed by atoms with van der Waals surface area (Å²) in [5, 5.41) is 14.0. The van der Waals surface area contributed by atoms with Gasteiger partial charge in [0.15, 0.2) is 0 Å². The van der Waals surface area contributed by atoms with Crippen molar-refractivity contribution in [2.24, 2.45) is 0 Å². The average Bonchev–Trinajstić information content (AvgIpc) is 3.01. The van der Waals surface area contributed by atoms with Gasteiger partial charge in [0.25, 0.3) is 5.91 Å². The van der Waals surface area contributed by atoms with Gasteiger partial charge in [0.2, 0.25) is 0 Å². The summed E-state index contributed by atoms with van der Waals surface area (Å²) in [5.41, 5.74) is 0.197. The Morgan fingerprint density at radius 1 is 1.14 bits per heavy atom. The molecule has 0 spiro atoms. The van der Waals surface area contributed by atoms with Crippen molar-refractivity contribution in [1.29, 1.82) is 0 Å². The van der Waals surface area contributed by atoms with Crippen LogP contribution in [-0.4, -0.2) is 17.0 Å².